The van der Waals surface area contributed by atoms with Crippen LogP contribution in [0.3, 0.4) is 0 Å². The first kappa shape index (κ1) is 11.3. The second kappa shape index (κ2) is 5.22. The van der Waals surface area contributed by atoms with Gasteiger partial charge in [0.2, 0.25) is 0 Å². The number of anilines is 2. The highest BCUT2D eigenvalue weighted by Gasteiger charge is 2.00. The maximum Gasteiger partial charge on any atom is 0.147 e. The number of rotatable bonds is 3. The smallest absolute Gasteiger partial charge is 0.147 e. The zero-order valence-electron chi connectivity index (χ0n) is 8.52. The quantitative estimate of drug-likeness (QED) is 0.850. The van der Waals surface area contributed by atoms with Crippen molar-refractivity contribution in [1.29, 1.82) is 0 Å². The molecule has 1 aromatic carbocycles. The number of hydrogen-bond acceptors (Lipinski definition) is 4. The summed E-state index contributed by atoms with van der Waals surface area (Å²) < 4.78 is 0.989. The van der Waals surface area contributed by atoms with Gasteiger partial charge in [-0.15, -0.1) is 0 Å². The first-order valence-electron chi connectivity index (χ1n) is 4.81. The summed E-state index contributed by atoms with van der Waals surface area (Å²) in [7, 11) is 0. The SMILES string of the molecule is NCc1ccc(Nc2ncncc2I)cc1. The number of nitrogens with zero attached hydrogens (tertiary/aromatic N) is 2. The van der Waals surface area contributed by atoms with E-state index in [1.807, 2.05) is 24.3 Å². The van der Waals surface area contributed by atoms with Crippen LogP contribution < -0.4 is 11.1 Å². The Morgan fingerprint density at radius 1 is 1.25 bits per heavy atom. The Balaban J connectivity index is 2.18. The summed E-state index contributed by atoms with van der Waals surface area (Å²) in [6, 6.07) is 7.97. The number of benzene rings is 1. The summed E-state index contributed by atoms with van der Waals surface area (Å²) >= 11 is 2.19. The molecule has 0 saturated heterocycles. The third-order valence-corrected chi connectivity index (χ3v) is 2.91. The maximum atomic E-state index is 5.53. The van der Waals surface area contributed by atoms with Crippen molar-refractivity contribution < 1.29 is 0 Å². The average Bonchev–Trinajstić information content (AvgIpc) is 2.33. The molecule has 1 heterocycles. The van der Waals surface area contributed by atoms with Gasteiger partial charge in [0, 0.05) is 18.4 Å². The summed E-state index contributed by atoms with van der Waals surface area (Å²) in [5, 5.41) is 3.22. The van der Waals surface area contributed by atoms with Crippen LogP contribution in [0.25, 0.3) is 0 Å². The lowest BCUT2D eigenvalue weighted by molar-refractivity contribution is 1.07. The van der Waals surface area contributed by atoms with Crippen molar-refractivity contribution in [3.8, 4) is 0 Å². The molecule has 2 aromatic rings. The monoisotopic (exact) mass is 326 g/mol. The predicted octanol–water partition coefficient (Wildman–Crippen LogP) is 2.28. The third-order valence-electron chi connectivity index (χ3n) is 2.12. The predicted molar refractivity (Wildman–Crippen MR) is 72.4 cm³/mol. The Bertz CT molecular complexity index is 470. The molecule has 0 radical (unpaired) electrons. The zero-order valence-corrected chi connectivity index (χ0v) is 10.7. The summed E-state index contributed by atoms with van der Waals surface area (Å²) in [4.78, 5) is 8.10. The number of halogens is 1. The molecule has 0 amide bonds. The largest absolute Gasteiger partial charge is 0.339 e. The Morgan fingerprint density at radius 2 is 2.00 bits per heavy atom. The molecule has 0 unspecified atom stereocenters. The topological polar surface area (TPSA) is 63.8 Å². The van der Waals surface area contributed by atoms with Crippen LogP contribution in [0.15, 0.2) is 36.8 Å². The van der Waals surface area contributed by atoms with E-state index in [0.29, 0.717) is 6.54 Å². The lowest BCUT2D eigenvalue weighted by atomic mass is 10.2. The van der Waals surface area contributed by atoms with Gasteiger partial charge in [0.25, 0.3) is 0 Å². The van der Waals surface area contributed by atoms with Crippen molar-refractivity contribution in [3.05, 3.63) is 45.9 Å². The molecule has 1 aromatic heterocycles. The lowest BCUT2D eigenvalue weighted by Crippen LogP contribution is -1.98. The molecule has 4 nitrogen and oxygen atoms in total. The van der Waals surface area contributed by atoms with Crippen LogP contribution in [0.1, 0.15) is 5.56 Å². The first-order chi connectivity index (χ1) is 7.79. The maximum absolute atomic E-state index is 5.53. The molecule has 0 atom stereocenters. The van der Waals surface area contributed by atoms with Crippen molar-refractivity contribution in [2.45, 2.75) is 6.54 Å². The first-order valence-corrected chi connectivity index (χ1v) is 5.89. The molecule has 3 N–H and O–H groups in total. The molecule has 16 heavy (non-hydrogen) atoms. The van der Waals surface area contributed by atoms with E-state index in [1.54, 1.807) is 6.20 Å². The normalized spacial score (nSPS) is 10.1. The minimum Gasteiger partial charge on any atom is -0.339 e. The third kappa shape index (κ3) is 2.67. The molecule has 5 heteroatoms. The van der Waals surface area contributed by atoms with Gasteiger partial charge >= 0.3 is 0 Å². The van der Waals surface area contributed by atoms with E-state index < -0.39 is 0 Å². The van der Waals surface area contributed by atoms with Gasteiger partial charge in [0.1, 0.15) is 12.1 Å². The minimum absolute atomic E-state index is 0.561. The zero-order chi connectivity index (χ0) is 11.4. The van der Waals surface area contributed by atoms with Crippen molar-refractivity contribution >= 4 is 34.1 Å². The van der Waals surface area contributed by atoms with Crippen molar-refractivity contribution in [3.63, 3.8) is 0 Å². The second-order valence-corrected chi connectivity index (χ2v) is 4.41. The fourth-order valence-electron chi connectivity index (χ4n) is 1.27. The van der Waals surface area contributed by atoms with Gasteiger partial charge in [-0.05, 0) is 40.3 Å². The molecule has 0 aliphatic rings. The van der Waals surface area contributed by atoms with E-state index in [2.05, 4.69) is 37.9 Å². The van der Waals surface area contributed by atoms with Gasteiger partial charge in [-0.1, -0.05) is 12.1 Å². The number of nitrogens with two attached hydrogens (primary N) is 1. The number of nitrogens with one attached hydrogen (secondary N) is 1. The van der Waals surface area contributed by atoms with Gasteiger partial charge in [-0.25, -0.2) is 9.97 Å². The molecule has 0 bridgehead atoms. The molecule has 82 valence electrons. The van der Waals surface area contributed by atoms with Crippen LogP contribution in [0.4, 0.5) is 11.5 Å². The molecule has 0 aliphatic heterocycles. The second-order valence-electron chi connectivity index (χ2n) is 3.25. The standard InChI is InChI=1S/C11H11IN4/c12-10-6-14-7-15-11(10)16-9-3-1-8(5-13)2-4-9/h1-4,6-7H,5,13H2,(H,14,15,16). The van der Waals surface area contributed by atoms with Crippen LogP contribution in [0.2, 0.25) is 0 Å². The lowest BCUT2D eigenvalue weighted by Gasteiger charge is -2.07. The fourth-order valence-corrected chi connectivity index (χ4v) is 1.70. The van der Waals surface area contributed by atoms with Crippen LogP contribution >= 0.6 is 22.6 Å². The van der Waals surface area contributed by atoms with Gasteiger partial charge in [-0.2, -0.15) is 0 Å². The van der Waals surface area contributed by atoms with Crippen LogP contribution in [-0.2, 0) is 6.54 Å². The molecule has 0 saturated carbocycles. The summed E-state index contributed by atoms with van der Waals surface area (Å²) in [5.41, 5.74) is 7.64. The van der Waals surface area contributed by atoms with Crippen LogP contribution in [0, 0.1) is 3.57 Å². The highest BCUT2D eigenvalue weighted by atomic mass is 127. The van der Waals surface area contributed by atoms with E-state index in [9.17, 15) is 0 Å². The van der Waals surface area contributed by atoms with E-state index >= 15 is 0 Å². The van der Waals surface area contributed by atoms with Crippen LogP contribution in [0.5, 0.6) is 0 Å². The van der Waals surface area contributed by atoms with Crippen molar-refractivity contribution in [2.75, 3.05) is 5.32 Å². The summed E-state index contributed by atoms with van der Waals surface area (Å²) in [5.74, 6) is 0.816. The van der Waals surface area contributed by atoms with E-state index in [-0.39, 0.29) is 0 Å². The van der Waals surface area contributed by atoms with Crippen LogP contribution in [-0.4, -0.2) is 9.97 Å². The van der Waals surface area contributed by atoms with E-state index in [4.69, 9.17) is 5.73 Å². The van der Waals surface area contributed by atoms with Gasteiger partial charge < -0.3 is 11.1 Å². The molecule has 0 fully saturated rings. The molecule has 0 aliphatic carbocycles. The minimum atomic E-state index is 0.561. The highest BCUT2D eigenvalue weighted by Crippen LogP contribution is 2.19. The van der Waals surface area contributed by atoms with Gasteiger partial charge in [0.05, 0.1) is 3.57 Å². The summed E-state index contributed by atoms with van der Waals surface area (Å²) in [6.45, 7) is 0.561. The average molecular weight is 326 g/mol. The fraction of sp³-hybridized carbons (Fsp3) is 0.0909. The molecule has 0 spiro atoms. The van der Waals surface area contributed by atoms with Crippen molar-refractivity contribution in [1.82, 2.24) is 9.97 Å². The van der Waals surface area contributed by atoms with Crippen molar-refractivity contribution in [2.24, 2.45) is 5.73 Å². The Hall–Kier alpha value is -1.21. The van der Waals surface area contributed by atoms with E-state index in [0.717, 1.165) is 20.6 Å². The summed E-state index contributed by atoms with van der Waals surface area (Å²) in [6.07, 6.45) is 3.29. The molecular weight excluding hydrogens is 315 g/mol. The Morgan fingerprint density at radius 3 is 2.62 bits per heavy atom. The Kier molecular flexibility index (Phi) is 3.68. The van der Waals surface area contributed by atoms with E-state index in [1.165, 1.54) is 6.33 Å². The number of aromatic nitrogens is 2. The van der Waals surface area contributed by atoms with Gasteiger partial charge in [0.15, 0.2) is 0 Å². The number of hydrogen-bond donors (Lipinski definition) is 2. The molecule has 2 rings (SSSR count). The highest BCUT2D eigenvalue weighted by molar-refractivity contribution is 14.1. The van der Waals surface area contributed by atoms with Gasteiger partial charge in [-0.3, -0.25) is 0 Å². The molecular formula is C11H11IN4. The Labute approximate surface area is 107 Å².